The highest BCUT2D eigenvalue weighted by atomic mass is 16.2. The minimum absolute atomic E-state index is 0.473. The van der Waals surface area contributed by atoms with Crippen LogP contribution in [0.3, 0.4) is 0 Å². The first-order valence-corrected chi connectivity index (χ1v) is 9.32. The van der Waals surface area contributed by atoms with Crippen LogP contribution >= 0.6 is 0 Å². The normalized spacial score (nSPS) is 11.0. The number of rotatable bonds is 10. The summed E-state index contributed by atoms with van der Waals surface area (Å²) in [6.07, 6.45) is 3.72. The number of nitrogens with one attached hydrogen (secondary N) is 1. The highest BCUT2D eigenvalue weighted by Crippen LogP contribution is 2.14. The zero-order valence-electron chi connectivity index (χ0n) is 16.1. The van der Waals surface area contributed by atoms with Gasteiger partial charge in [-0.15, -0.1) is 0 Å². The lowest BCUT2D eigenvalue weighted by Gasteiger charge is -2.22. The molecule has 0 aliphatic rings. The second-order valence-electron chi connectivity index (χ2n) is 6.68. The van der Waals surface area contributed by atoms with E-state index < -0.39 is 11.8 Å². The molecule has 1 aromatic rings. The zero-order chi connectivity index (χ0) is 18.7. The molecule has 25 heavy (non-hydrogen) atoms. The van der Waals surface area contributed by atoms with E-state index in [1.165, 1.54) is 0 Å². The maximum atomic E-state index is 12.5. The smallest absolute Gasteiger partial charge is 0.316 e. The molecule has 0 aliphatic heterocycles. The molecule has 1 aromatic carbocycles. The predicted octanol–water partition coefficient (Wildman–Crippen LogP) is 3.06. The van der Waals surface area contributed by atoms with E-state index in [4.69, 9.17) is 0 Å². The van der Waals surface area contributed by atoms with Crippen LogP contribution in [0.4, 0.5) is 5.69 Å². The number of carbonyl (C=O) groups excluding carboxylic acids is 2. The largest absolute Gasteiger partial charge is 0.348 e. The third-order valence-corrected chi connectivity index (χ3v) is 4.35. The van der Waals surface area contributed by atoms with Crippen molar-refractivity contribution in [2.45, 2.75) is 52.5 Å². The van der Waals surface area contributed by atoms with Gasteiger partial charge in [-0.1, -0.05) is 31.5 Å². The molecule has 0 atom stereocenters. The summed E-state index contributed by atoms with van der Waals surface area (Å²) in [7, 11) is 2.10. The molecular formula is C20H33N3O2. The van der Waals surface area contributed by atoms with E-state index in [0.717, 1.165) is 37.9 Å². The van der Waals surface area contributed by atoms with Crippen LogP contribution in [0.25, 0.3) is 0 Å². The fraction of sp³-hybridized carbons (Fsp3) is 0.600. The first kappa shape index (κ1) is 21.2. The minimum atomic E-state index is -0.517. The molecule has 0 unspecified atom stereocenters. The summed E-state index contributed by atoms with van der Waals surface area (Å²) in [4.78, 5) is 28.6. The maximum absolute atomic E-state index is 12.5. The number of carbonyl (C=O) groups is 2. The lowest BCUT2D eigenvalue weighted by molar-refractivity contribution is -0.137. The number of nitrogens with zero attached hydrogens (tertiary/aromatic N) is 2. The molecule has 0 heterocycles. The number of para-hydroxylation sites is 1. The van der Waals surface area contributed by atoms with Gasteiger partial charge in [-0.25, -0.2) is 0 Å². The number of hydrogen-bond donors (Lipinski definition) is 1. The molecule has 0 aliphatic carbocycles. The Morgan fingerprint density at radius 1 is 1.04 bits per heavy atom. The Labute approximate surface area is 152 Å². The second kappa shape index (κ2) is 11.6. The molecular weight excluding hydrogens is 314 g/mol. The summed E-state index contributed by atoms with van der Waals surface area (Å²) in [5.74, 6) is -0.990. The molecule has 0 fully saturated rings. The quantitative estimate of drug-likeness (QED) is 0.523. The van der Waals surface area contributed by atoms with Crippen LogP contribution in [0.2, 0.25) is 0 Å². The molecule has 0 saturated heterocycles. The summed E-state index contributed by atoms with van der Waals surface area (Å²) in [5.41, 5.74) is 0.773. The van der Waals surface area contributed by atoms with Gasteiger partial charge in [0.25, 0.3) is 0 Å². The van der Waals surface area contributed by atoms with Crippen LogP contribution in [0.15, 0.2) is 30.3 Å². The van der Waals surface area contributed by atoms with Gasteiger partial charge in [-0.05, 0) is 58.8 Å². The second-order valence-corrected chi connectivity index (χ2v) is 6.68. The van der Waals surface area contributed by atoms with Gasteiger partial charge in [0, 0.05) is 24.8 Å². The first-order valence-electron chi connectivity index (χ1n) is 9.32. The lowest BCUT2D eigenvalue weighted by Crippen LogP contribution is -2.44. The molecule has 0 radical (unpaired) electrons. The van der Waals surface area contributed by atoms with Crippen molar-refractivity contribution in [2.24, 2.45) is 0 Å². The van der Waals surface area contributed by atoms with Crippen LogP contribution < -0.4 is 10.2 Å². The van der Waals surface area contributed by atoms with E-state index in [2.05, 4.69) is 38.0 Å². The average molecular weight is 348 g/mol. The molecule has 2 amide bonds. The average Bonchev–Trinajstić information content (AvgIpc) is 2.61. The van der Waals surface area contributed by atoms with Crippen molar-refractivity contribution in [3.05, 3.63) is 30.3 Å². The van der Waals surface area contributed by atoms with E-state index in [1.54, 1.807) is 4.90 Å². The van der Waals surface area contributed by atoms with E-state index in [1.807, 2.05) is 30.3 Å². The van der Waals surface area contributed by atoms with Gasteiger partial charge >= 0.3 is 11.8 Å². The Kier molecular flexibility index (Phi) is 9.85. The molecule has 1 N–H and O–H groups in total. The maximum Gasteiger partial charge on any atom is 0.316 e. The summed E-state index contributed by atoms with van der Waals surface area (Å²) in [6, 6.07) is 9.91. The van der Waals surface area contributed by atoms with E-state index in [0.29, 0.717) is 19.1 Å². The van der Waals surface area contributed by atoms with Gasteiger partial charge in [-0.3, -0.25) is 9.59 Å². The molecule has 140 valence electrons. The number of hydrogen-bond acceptors (Lipinski definition) is 3. The molecule has 0 bridgehead atoms. The fourth-order valence-electron chi connectivity index (χ4n) is 2.42. The SMILES string of the molecule is CCCCN(C(=O)C(=O)NCCCCN(C)C(C)C)c1ccccc1. The topological polar surface area (TPSA) is 52.7 Å². The highest BCUT2D eigenvalue weighted by Gasteiger charge is 2.22. The number of unbranched alkanes of at least 4 members (excludes halogenated alkanes) is 2. The van der Waals surface area contributed by atoms with Crippen LogP contribution in [0, 0.1) is 0 Å². The van der Waals surface area contributed by atoms with Crippen molar-refractivity contribution < 1.29 is 9.59 Å². The Bertz CT molecular complexity index is 517. The summed E-state index contributed by atoms with van der Waals surface area (Å²) < 4.78 is 0. The first-order chi connectivity index (χ1) is 12.0. The molecule has 1 rings (SSSR count). The molecule has 5 nitrogen and oxygen atoms in total. The van der Waals surface area contributed by atoms with Crippen molar-refractivity contribution in [1.82, 2.24) is 10.2 Å². The lowest BCUT2D eigenvalue weighted by atomic mass is 10.2. The number of amides is 2. The molecule has 0 saturated carbocycles. The van der Waals surface area contributed by atoms with Gasteiger partial charge in [0.2, 0.25) is 0 Å². The van der Waals surface area contributed by atoms with Gasteiger partial charge < -0.3 is 15.1 Å². The van der Waals surface area contributed by atoms with Crippen molar-refractivity contribution >= 4 is 17.5 Å². The van der Waals surface area contributed by atoms with Crippen molar-refractivity contribution in [3.8, 4) is 0 Å². The Morgan fingerprint density at radius 2 is 1.72 bits per heavy atom. The molecule has 0 aromatic heterocycles. The fourth-order valence-corrected chi connectivity index (χ4v) is 2.42. The van der Waals surface area contributed by atoms with Crippen LogP contribution in [0.5, 0.6) is 0 Å². The Hall–Kier alpha value is -1.88. The zero-order valence-corrected chi connectivity index (χ0v) is 16.1. The van der Waals surface area contributed by atoms with Crippen LogP contribution in [0.1, 0.15) is 46.5 Å². The van der Waals surface area contributed by atoms with Crippen molar-refractivity contribution in [1.29, 1.82) is 0 Å². The Morgan fingerprint density at radius 3 is 2.32 bits per heavy atom. The van der Waals surface area contributed by atoms with Gasteiger partial charge in [-0.2, -0.15) is 0 Å². The minimum Gasteiger partial charge on any atom is -0.348 e. The van der Waals surface area contributed by atoms with Gasteiger partial charge in [0.15, 0.2) is 0 Å². The van der Waals surface area contributed by atoms with Crippen LogP contribution in [-0.4, -0.2) is 49.4 Å². The summed E-state index contributed by atoms with van der Waals surface area (Å²) in [5, 5.41) is 2.76. The third-order valence-electron chi connectivity index (χ3n) is 4.35. The van der Waals surface area contributed by atoms with Gasteiger partial charge in [0.05, 0.1) is 0 Å². The van der Waals surface area contributed by atoms with Crippen LogP contribution in [-0.2, 0) is 9.59 Å². The highest BCUT2D eigenvalue weighted by molar-refractivity contribution is 6.40. The molecule has 0 spiro atoms. The van der Waals surface area contributed by atoms with E-state index >= 15 is 0 Å². The third kappa shape index (κ3) is 7.69. The standard InChI is InChI=1S/C20H33N3O2/c1-5-6-16-23(18-12-8-7-9-13-18)20(25)19(24)21-14-10-11-15-22(4)17(2)3/h7-9,12-13,17H,5-6,10-11,14-16H2,1-4H3,(H,21,24). The van der Waals surface area contributed by atoms with Crippen molar-refractivity contribution in [3.63, 3.8) is 0 Å². The van der Waals surface area contributed by atoms with Gasteiger partial charge in [0.1, 0.15) is 0 Å². The Balaban J connectivity index is 2.47. The van der Waals surface area contributed by atoms with E-state index in [-0.39, 0.29) is 0 Å². The van der Waals surface area contributed by atoms with Crippen molar-refractivity contribution in [2.75, 3.05) is 31.6 Å². The summed E-state index contributed by atoms with van der Waals surface area (Å²) in [6.45, 7) is 8.48. The summed E-state index contributed by atoms with van der Waals surface area (Å²) >= 11 is 0. The number of benzene rings is 1. The van der Waals surface area contributed by atoms with E-state index in [9.17, 15) is 9.59 Å². The number of anilines is 1. The monoisotopic (exact) mass is 347 g/mol. The molecule has 5 heteroatoms. The predicted molar refractivity (Wildman–Crippen MR) is 104 cm³/mol.